The molecule has 0 radical (unpaired) electrons. The first-order chi connectivity index (χ1) is 15.3. The van der Waals surface area contributed by atoms with Gasteiger partial charge in [-0.25, -0.2) is 4.79 Å². The number of rotatable bonds is 5. The fourth-order valence-corrected chi connectivity index (χ4v) is 4.40. The summed E-state index contributed by atoms with van der Waals surface area (Å²) in [6.45, 7) is 8.99. The summed E-state index contributed by atoms with van der Waals surface area (Å²) in [5.74, 6) is 0.892. The van der Waals surface area contributed by atoms with E-state index in [9.17, 15) is 4.79 Å². The molecule has 3 aromatic rings. The molecule has 1 heterocycles. The highest BCUT2D eigenvalue weighted by atomic mass is 16.5. The van der Waals surface area contributed by atoms with E-state index >= 15 is 0 Å². The van der Waals surface area contributed by atoms with Crippen LogP contribution in [0.15, 0.2) is 87.9 Å². The maximum atomic E-state index is 12.5. The van der Waals surface area contributed by atoms with Crippen molar-refractivity contribution in [1.29, 1.82) is 0 Å². The van der Waals surface area contributed by atoms with Gasteiger partial charge >= 0.3 is 5.97 Å². The number of hydrogen-bond donors (Lipinski definition) is 0. The Hall–Kier alpha value is -3.33. The van der Waals surface area contributed by atoms with Crippen LogP contribution in [0.2, 0.25) is 0 Å². The zero-order chi connectivity index (χ0) is 22.7. The van der Waals surface area contributed by atoms with Crippen molar-refractivity contribution in [3.8, 4) is 5.75 Å². The van der Waals surface area contributed by atoms with Crippen LogP contribution < -0.4 is 4.74 Å². The van der Waals surface area contributed by atoms with Crippen LogP contribution in [0.25, 0.3) is 17.0 Å². The highest BCUT2D eigenvalue weighted by molar-refractivity contribution is 5.95. The summed E-state index contributed by atoms with van der Waals surface area (Å²) < 4.78 is 11.4. The first-order valence-corrected chi connectivity index (χ1v) is 11.2. The van der Waals surface area contributed by atoms with Gasteiger partial charge in [-0.1, -0.05) is 55.8 Å². The third kappa shape index (κ3) is 4.94. The van der Waals surface area contributed by atoms with E-state index in [1.165, 1.54) is 30.4 Å². The zero-order valence-corrected chi connectivity index (χ0v) is 19.3. The summed E-state index contributed by atoms with van der Waals surface area (Å²) in [5.41, 5.74) is 5.41. The molecular formula is C29H30O3. The van der Waals surface area contributed by atoms with Gasteiger partial charge in [0, 0.05) is 5.39 Å². The van der Waals surface area contributed by atoms with E-state index < -0.39 is 5.97 Å². The third-order valence-electron chi connectivity index (χ3n) is 6.15. The van der Waals surface area contributed by atoms with Gasteiger partial charge in [-0.2, -0.15) is 0 Å². The quantitative estimate of drug-likeness (QED) is 0.235. The van der Waals surface area contributed by atoms with Crippen LogP contribution in [0.5, 0.6) is 5.75 Å². The number of allylic oxidation sites excluding steroid dienone is 5. The van der Waals surface area contributed by atoms with Gasteiger partial charge < -0.3 is 9.15 Å². The Morgan fingerprint density at radius 2 is 1.88 bits per heavy atom. The maximum absolute atomic E-state index is 12.5. The average molecular weight is 427 g/mol. The van der Waals surface area contributed by atoms with Crippen LogP contribution in [0.4, 0.5) is 0 Å². The summed E-state index contributed by atoms with van der Waals surface area (Å²) in [4.78, 5) is 12.5. The lowest BCUT2D eigenvalue weighted by Gasteiger charge is -2.32. The largest absolute Gasteiger partial charge is 0.457 e. The predicted octanol–water partition coefficient (Wildman–Crippen LogP) is 8.14. The highest BCUT2D eigenvalue weighted by Crippen LogP contribution is 2.40. The summed E-state index contributed by atoms with van der Waals surface area (Å²) in [5, 5.41) is 0.955. The first kappa shape index (κ1) is 21.9. The fourth-order valence-electron chi connectivity index (χ4n) is 4.40. The summed E-state index contributed by atoms with van der Waals surface area (Å²) >= 11 is 0. The van der Waals surface area contributed by atoms with Crippen LogP contribution in [-0.2, 0) is 0 Å². The van der Waals surface area contributed by atoms with Crippen molar-refractivity contribution in [2.75, 3.05) is 0 Å². The molecule has 2 aromatic carbocycles. The van der Waals surface area contributed by atoms with Gasteiger partial charge in [-0.15, -0.1) is 0 Å². The highest BCUT2D eigenvalue weighted by Gasteiger charge is 2.26. The Bertz CT molecular complexity index is 1220. The van der Waals surface area contributed by atoms with E-state index in [0.29, 0.717) is 16.9 Å². The Balaban J connectivity index is 1.52. The van der Waals surface area contributed by atoms with Crippen LogP contribution >= 0.6 is 0 Å². The van der Waals surface area contributed by atoms with Gasteiger partial charge in [-0.3, -0.25) is 0 Å². The van der Waals surface area contributed by atoms with E-state index in [-0.39, 0.29) is 5.41 Å². The van der Waals surface area contributed by atoms with E-state index in [2.05, 4.69) is 39.8 Å². The van der Waals surface area contributed by atoms with E-state index in [0.717, 1.165) is 16.7 Å². The molecule has 1 aromatic heterocycles. The topological polar surface area (TPSA) is 39.4 Å². The van der Waals surface area contributed by atoms with E-state index in [4.69, 9.17) is 9.15 Å². The summed E-state index contributed by atoms with van der Waals surface area (Å²) in [6.07, 6.45) is 10.1. The number of hydrogen-bond acceptors (Lipinski definition) is 3. The van der Waals surface area contributed by atoms with Crippen molar-refractivity contribution in [1.82, 2.24) is 0 Å². The molecule has 32 heavy (non-hydrogen) atoms. The molecule has 164 valence electrons. The summed E-state index contributed by atoms with van der Waals surface area (Å²) in [6, 6.07) is 16.5. The van der Waals surface area contributed by atoms with E-state index in [1.807, 2.05) is 36.4 Å². The molecule has 4 rings (SSSR count). The molecule has 0 spiro atoms. The van der Waals surface area contributed by atoms with Crippen molar-refractivity contribution >= 4 is 23.0 Å². The Labute approximate surface area is 190 Å². The van der Waals surface area contributed by atoms with Gasteiger partial charge in [0.1, 0.15) is 17.1 Å². The molecule has 0 amide bonds. The van der Waals surface area contributed by atoms with Gasteiger partial charge in [0.2, 0.25) is 0 Å². The predicted molar refractivity (Wildman–Crippen MR) is 131 cm³/mol. The van der Waals surface area contributed by atoms with Crippen LogP contribution in [0.3, 0.4) is 0 Å². The number of furan rings is 1. The van der Waals surface area contributed by atoms with Gasteiger partial charge in [0.25, 0.3) is 0 Å². The number of ether oxygens (including phenoxy) is 1. The lowest BCUT2D eigenvalue weighted by Crippen LogP contribution is -2.19. The number of carbonyl (C=O) groups excluding carboxylic acids is 1. The van der Waals surface area contributed by atoms with Gasteiger partial charge in [0.05, 0.1) is 5.56 Å². The second-order valence-electron chi connectivity index (χ2n) is 9.26. The minimum atomic E-state index is -0.399. The van der Waals surface area contributed by atoms with Crippen molar-refractivity contribution in [2.45, 2.75) is 47.0 Å². The SMILES string of the molecule is CC1=C(C=C/C(C)=C/c2cc3ccc(C(=O)Oc4ccccc4)cc3o2)C(C)(C)CCC1. The smallest absolute Gasteiger partial charge is 0.343 e. The Morgan fingerprint density at radius 3 is 2.62 bits per heavy atom. The average Bonchev–Trinajstić information content (AvgIpc) is 3.15. The third-order valence-corrected chi connectivity index (χ3v) is 6.15. The van der Waals surface area contributed by atoms with Crippen LogP contribution in [0, 0.1) is 5.41 Å². The second-order valence-corrected chi connectivity index (χ2v) is 9.26. The van der Waals surface area contributed by atoms with Crippen molar-refractivity contribution in [3.05, 3.63) is 94.8 Å². The van der Waals surface area contributed by atoms with Crippen LogP contribution in [0.1, 0.15) is 63.1 Å². The van der Waals surface area contributed by atoms with Crippen molar-refractivity contribution < 1.29 is 13.9 Å². The molecule has 0 bridgehead atoms. The first-order valence-electron chi connectivity index (χ1n) is 11.2. The normalized spacial score (nSPS) is 16.7. The Kier molecular flexibility index (Phi) is 6.18. The van der Waals surface area contributed by atoms with Crippen molar-refractivity contribution in [3.63, 3.8) is 0 Å². The number of fused-ring (bicyclic) bond motifs is 1. The molecule has 1 aliphatic rings. The number of para-hydroxylation sites is 1. The molecule has 3 heteroatoms. The molecule has 0 saturated carbocycles. The number of carbonyl (C=O) groups is 1. The molecule has 0 fully saturated rings. The molecule has 0 atom stereocenters. The molecule has 0 saturated heterocycles. The van der Waals surface area contributed by atoms with Crippen LogP contribution in [-0.4, -0.2) is 5.97 Å². The fraction of sp³-hybridized carbons (Fsp3) is 0.276. The zero-order valence-electron chi connectivity index (χ0n) is 19.3. The standard InChI is InChI=1S/C29H30O3/c1-20(12-15-26-21(2)9-8-16-29(26,3)4)17-25-18-22-13-14-23(19-27(22)31-25)28(30)32-24-10-6-5-7-11-24/h5-7,10-15,17-19H,8-9,16H2,1-4H3/b15-12?,20-17+. The van der Waals surface area contributed by atoms with Gasteiger partial charge in [0.15, 0.2) is 0 Å². The molecule has 0 aliphatic heterocycles. The van der Waals surface area contributed by atoms with Gasteiger partial charge in [-0.05, 0) is 86.1 Å². The molecule has 3 nitrogen and oxygen atoms in total. The lowest BCUT2D eigenvalue weighted by molar-refractivity contribution is 0.0735. The molecule has 0 unspecified atom stereocenters. The number of esters is 1. The maximum Gasteiger partial charge on any atom is 0.343 e. The lowest BCUT2D eigenvalue weighted by atomic mass is 9.72. The van der Waals surface area contributed by atoms with Crippen molar-refractivity contribution in [2.24, 2.45) is 5.41 Å². The van der Waals surface area contributed by atoms with E-state index in [1.54, 1.807) is 24.3 Å². The monoisotopic (exact) mass is 426 g/mol. The summed E-state index contributed by atoms with van der Waals surface area (Å²) in [7, 11) is 0. The Morgan fingerprint density at radius 1 is 1.09 bits per heavy atom. The number of benzene rings is 2. The minimum absolute atomic E-state index is 0.225. The molecular weight excluding hydrogens is 396 g/mol. The second kappa shape index (κ2) is 9.04. The molecule has 0 N–H and O–H groups in total. The molecule has 1 aliphatic carbocycles. The minimum Gasteiger partial charge on any atom is -0.457 e.